The molecule has 5 rings (SSSR count). The molecule has 2 aliphatic rings. The zero-order valence-electron chi connectivity index (χ0n) is 19.3. The van der Waals surface area contributed by atoms with Gasteiger partial charge in [0.1, 0.15) is 17.2 Å². The van der Waals surface area contributed by atoms with E-state index in [0.29, 0.717) is 17.9 Å². The Hall–Kier alpha value is -3.29. The van der Waals surface area contributed by atoms with Crippen LogP contribution in [0.3, 0.4) is 0 Å². The van der Waals surface area contributed by atoms with E-state index in [4.69, 9.17) is 14.6 Å². The maximum atomic E-state index is 13.2. The molecule has 1 fully saturated rings. The van der Waals surface area contributed by atoms with Gasteiger partial charge in [-0.3, -0.25) is 4.79 Å². The topological polar surface area (TPSA) is 88.2 Å². The molecule has 172 valence electrons. The first-order valence-electron chi connectivity index (χ1n) is 11.8. The van der Waals surface area contributed by atoms with Gasteiger partial charge in [-0.2, -0.15) is 0 Å². The standard InChI is InChI=1S/C25H30N6O2/c1-17-20-11-8-13-30(16-19-9-4-3-5-10-19)25(20)27-24(26-17)22-12-6-7-14-31(22)23(32)15-21-18(2)28-33-29-21/h3-5,9-10,22H,6-8,11-16H2,1-2H3/t22-/m0/s1. The van der Waals surface area contributed by atoms with E-state index >= 15 is 0 Å². The lowest BCUT2D eigenvalue weighted by Gasteiger charge is -2.36. The number of piperidine rings is 1. The van der Waals surface area contributed by atoms with Gasteiger partial charge >= 0.3 is 0 Å². The van der Waals surface area contributed by atoms with Crippen molar-refractivity contribution in [2.24, 2.45) is 0 Å². The number of likely N-dealkylation sites (tertiary alicyclic amines) is 1. The van der Waals surface area contributed by atoms with E-state index in [1.165, 1.54) is 11.1 Å². The number of anilines is 1. The van der Waals surface area contributed by atoms with Crippen LogP contribution in [0.25, 0.3) is 0 Å². The first-order valence-corrected chi connectivity index (χ1v) is 11.8. The van der Waals surface area contributed by atoms with Crippen LogP contribution in [0.1, 0.15) is 65.8 Å². The zero-order chi connectivity index (χ0) is 22.8. The summed E-state index contributed by atoms with van der Waals surface area (Å²) in [5.74, 6) is 1.81. The van der Waals surface area contributed by atoms with Gasteiger partial charge < -0.3 is 9.80 Å². The van der Waals surface area contributed by atoms with E-state index in [1.807, 2.05) is 17.9 Å². The molecule has 2 aliphatic heterocycles. The molecule has 33 heavy (non-hydrogen) atoms. The smallest absolute Gasteiger partial charge is 0.229 e. The summed E-state index contributed by atoms with van der Waals surface area (Å²) in [6.07, 6.45) is 5.21. The van der Waals surface area contributed by atoms with Crippen molar-refractivity contribution >= 4 is 11.7 Å². The fourth-order valence-corrected chi connectivity index (χ4v) is 4.97. The second kappa shape index (κ2) is 9.29. The Bertz CT molecular complexity index is 1130. The van der Waals surface area contributed by atoms with Crippen molar-refractivity contribution in [1.29, 1.82) is 0 Å². The normalized spacial score (nSPS) is 18.3. The SMILES string of the molecule is Cc1nonc1CC(=O)N1CCCC[C@H]1c1nc(C)c2c(n1)N(Cc1ccccc1)CCC2. The highest BCUT2D eigenvalue weighted by molar-refractivity contribution is 5.79. The molecule has 0 saturated carbocycles. The molecule has 8 nitrogen and oxygen atoms in total. The average molecular weight is 447 g/mol. The molecule has 3 aromatic rings. The Morgan fingerprint density at radius 3 is 2.67 bits per heavy atom. The largest absolute Gasteiger partial charge is 0.352 e. The van der Waals surface area contributed by atoms with Crippen LogP contribution in [0, 0.1) is 13.8 Å². The minimum Gasteiger partial charge on any atom is -0.352 e. The third-order valence-corrected chi connectivity index (χ3v) is 6.77. The predicted octanol–water partition coefficient (Wildman–Crippen LogP) is 3.73. The highest BCUT2D eigenvalue weighted by Crippen LogP contribution is 2.34. The molecule has 0 radical (unpaired) electrons. The number of benzene rings is 1. The van der Waals surface area contributed by atoms with Crippen molar-refractivity contribution in [3.63, 3.8) is 0 Å². The monoisotopic (exact) mass is 446 g/mol. The van der Waals surface area contributed by atoms with Crippen LogP contribution in [0.4, 0.5) is 5.82 Å². The molecule has 0 spiro atoms. The van der Waals surface area contributed by atoms with E-state index in [2.05, 4.69) is 46.4 Å². The summed E-state index contributed by atoms with van der Waals surface area (Å²) in [4.78, 5) is 27.5. The Morgan fingerprint density at radius 1 is 1.03 bits per heavy atom. The van der Waals surface area contributed by atoms with Crippen LogP contribution in [-0.2, 0) is 24.2 Å². The molecule has 1 amide bonds. The van der Waals surface area contributed by atoms with Gasteiger partial charge in [-0.15, -0.1) is 0 Å². The maximum absolute atomic E-state index is 13.2. The number of fused-ring (bicyclic) bond motifs is 1. The zero-order valence-corrected chi connectivity index (χ0v) is 19.3. The number of rotatable bonds is 5. The molecule has 1 saturated heterocycles. The number of carbonyl (C=O) groups excluding carboxylic acids is 1. The van der Waals surface area contributed by atoms with Crippen LogP contribution in [0.2, 0.25) is 0 Å². The lowest BCUT2D eigenvalue weighted by molar-refractivity contribution is -0.134. The van der Waals surface area contributed by atoms with E-state index in [9.17, 15) is 4.79 Å². The van der Waals surface area contributed by atoms with Crippen molar-refractivity contribution in [2.45, 2.75) is 65.0 Å². The molecule has 8 heteroatoms. The van der Waals surface area contributed by atoms with Crippen LogP contribution >= 0.6 is 0 Å². The molecule has 2 aromatic heterocycles. The highest BCUT2D eigenvalue weighted by atomic mass is 16.6. The van der Waals surface area contributed by atoms with Gasteiger partial charge in [-0.25, -0.2) is 14.6 Å². The second-order valence-electron chi connectivity index (χ2n) is 9.05. The van der Waals surface area contributed by atoms with Gasteiger partial charge in [0.15, 0.2) is 5.82 Å². The van der Waals surface area contributed by atoms with E-state index in [1.54, 1.807) is 0 Å². The second-order valence-corrected chi connectivity index (χ2v) is 9.05. The molecule has 1 aromatic carbocycles. The Morgan fingerprint density at radius 2 is 1.88 bits per heavy atom. The van der Waals surface area contributed by atoms with Crippen LogP contribution in [0.5, 0.6) is 0 Å². The molecular formula is C25H30N6O2. The minimum absolute atomic E-state index is 0.0265. The third-order valence-electron chi connectivity index (χ3n) is 6.77. The molecule has 0 bridgehead atoms. The number of amides is 1. The van der Waals surface area contributed by atoms with Gasteiger partial charge in [0, 0.05) is 30.9 Å². The summed E-state index contributed by atoms with van der Waals surface area (Å²) in [6.45, 7) is 6.40. The summed E-state index contributed by atoms with van der Waals surface area (Å²) in [6, 6.07) is 10.4. The van der Waals surface area contributed by atoms with E-state index < -0.39 is 0 Å². The fraction of sp³-hybridized carbons (Fsp3) is 0.480. The van der Waals surface area contributed by atoms with Gasteiger partial charge in [0.05, 0.1) is 12.5 Å². The summed E-state index contributed by atoms with van der Waals surface area (Å²) in [7, 11) is 0. The highest BCUT2D eigenvalue weighted by Gasteiger charge is 2.33. The number of aromatic nitrogens is 4. The number of hydrogen-bond acceptors (Lipinski definition) is 7. The molecule has 0 N–H and O–H groups in total. The van der Waals surface area contributed by atoms with Crippen LogP contribution in [-0.4, -0.2) is 44.2 Å². The van der Waals surface area contributed by atoms with E-state index in [0.717, 1.165) is 62.5 Å². The minimum atomic E-state index is -0.115. The summed E-state index contributed by atoms with van der Waals surface area (Å²) >= 11 is 0. The van der Waals surface area contributed by atoms with Gasteiger partial charge in [0.2, 0.25) is 5.91 Å². The van der Waals surface area contributed by atoms with Crippen molar-refractivity contribution in [1.82, 2.24) is 25.2 Å². The molecule has 4 heterocycles. The van der Waals surface area contributed by atoms with Crippen LogP contribution < -0.4 is 4.90 Å². The van der Waals surface area contributed by atoms with Crippen molar-refractivity contribution < 1.29 is 9.42 Å². The number of aryl methyl sites for hydroxylation is 2. The summed E-state index contributed by atoms with van der Waals surface area (Å²) in [5.41, 5.74) is 4.80. The number of nitrogens with zero attached hydrogens (tertiary/aromatic N) is 6. The van der Waals surface area contributed by atoms with Crippen molar-refractivity contribution in [3.05, 3.63) is 64.4 Å². The summed E-state index contributed by atoms with van der Waals surface area (Å²) in [5, 5.41) is 7.71. The van der Waals surface area contributed by atoms with Crippen LogP contribution in [0.15, 0.2) is 35.0 Å². The van der Waals surface area contributed by atoms with Gasteiger partial charge in [-0.1, -0.05) is 40.6 Å². The molecule has 1 atom stereocenters. The first kappa shape index (κ1) is 21.6. The lowest BCUT2D eigenvalue weighted by Crippen LogP contribution is -2.41. The Kier molecular flexibility index (Phi) is 6.07. The summed E-state index contributed by atoms with van der Waals surface area (Å²) < 4.78 is 4.78. The van der Waals surface area contributed by atoms with Crippen molar-refractivity contribution in [3.8, 4) is 0 Å². The third kappa shape index (κ3) is 4.47. The lowest BCUT2D eigenvalue weighted by atomic mass is 9.98. The van der Waals surface area contributed by atoms with Crippen molar-refractivity contribution in [2.75, 3.05) is 18.0 Å². The molecule has 0 aliphatic carbocycles. The van der Waals surface area contributed by atoms with E-state index in [-0.39, 0.29) is 18.4 Å². The van der Waals surface area contributed by atoms with Gasteiger partial charge in [-0.05, 0) is 51.5 Å². The average Bonchev–Trinajstić information content (AvgIpc) is 3.24. The first-order chi connectivity index (χ1) is 16.1. The molecular weight excluding hydrogens is 416 g/mol. The Balaban J connectivity index is 1.44. The molecule has 0 unspecified atom stereocenters. The predicted molar refractivity (Wildman–Crippen MR) is 124 cm³/mol. The van der Waals surface area contributed by atoms with Gasteiger partial charge in [0.25, 0.3) is 0 Å². The number of carbonyl (C=O) groups is 1. The Labute approximate surface area is 194 Å². The maximum Gasteiger partial charge on any atom is 0.229 e. The quantitative estimate of drug-likeness (QED) is 0.590. The fourth-order valence-electron chi connectivity index (χ4n) is 4.97. The number of hydrogen-bond donors (Lipinski definition) is 0.